The van der Waals surface area contributed by atoms with Crippen molar-refractivity contribution in [3.8, 4) is 17.9 Å². The Kier molecular flexibility index (Phi) is 3.88. The molecule has 2 rings (SSSR count). The average molecular weight is 263 g/mol. The third-order valence-electron chi connectivity index (χ3n) is 3.01. The summed E-state index contributed by atoms with van der Waals surface area (Å²) in [6.45, 7) is 1.91. The largest absolute Gasteiger partial charge is 0.495 e. The number of hydrogen-bond donors (Lipinski definition) is 1. The smallest absolute Gasteiger partial charge is 0.143 e. The Hall–Kier alpha value is -2.98. The molecular formula is C16H13N3O. The maximum absolute atomic E-state index is 9.20. The number of methoxy groups -OCH3 is 1. The normalized spacial score (nSPS) is 9.40. The van der Waals surface area contributed by atoms with Gasteiger partial charge in [-0.25, -0.2) is 0 Å². The number of nitrogens with one attached hydrogen (secondary N) is 1. The van der Waals surface area contributed by atoms with Gasteiger partial charge in [0.1, 0.15) is 17.9 Å². The monoisotopic (exact) mass is 263 g/mol. The van der Waals surface area contributed by atoms with Gasteiger partial charge in [0.2, 0.25) is 0 Å². The Morgan fingerprint density at radius 2 is 1.55 bits per heavy atom. The van der Waals surface area contributed by atoms with E-state index in [9.17, 15) is 10.5 Å². The van der Waals surface area contributed by atoms with Crippen LogP contribution in [0.25, 0.3) is 0 Å². The molecule has 0 aliphatic rings. The topological polar surface area (TPSA) is 68.8 Å². The number of para-hydroxylation sites is 2. The van der Waals surface area contributed by atoms with Gasteiger partial charge >= 0.3 is 0 Å². The predicted molar refractivity (Wildman–Crippen MR) is 76.9 cm³/mol. The number of aryl methyl sites for hydroxylation is 1. The van der Waals surface area contributed by atoms with Crippen molar-refractivity contribution in [3.63, 3.8) is 0 Å². The Bertz CT molecular complexity index is 723. The zero-order valence-corrected chi connectivity index (χ0v) is 11.3. The summed E-state index contributed by atoms with van der Waals surface area (Å²) in [4.78, 5) is 0. The molecule has 20 heavy (non-hydrogen) atoms. The molecule has 0 amide bonds. The van der Waals surface area contributed by atoms with E-state index in [1.807, 2.05) is 19.1 Å². The molecule has 0 aliphatic heterocycles. The van der Waals surface area contributed by atoms with E-state index in [0.29, 0.717) is 28.3 Å². The van der Waals surface area contributed by atoms with Gasteiger partial charge in [-0.15, -0.1) is 0 Å². The zero-order chi connectivity index (χ0) is 14.5. The first-order valence-electron chi connectivity index (χ1n) is 6.05. The van der Waals surface area contributed by atoms with E-state index in [4.69, 9.17) is 4.74 Å². The maximum Gasteiger partial charge on any atom is 0.143 e. The first-order valence-corrected chi connectivity index (χ1v) is 6.05. The van der Waals surface area contributed by atoms with E-state index in [2.05, 4.69) is 17.5 Å². The molecule has 0 unspecified atom stereocenters. The molecule has 0 bridgehead atoms. The van der Waals surface area contributed by atoms with Crippen LogP contribution in [0.2, 0.25) is 0 Å². The fraction of sp³-hybridized carbons (Fsp3) is 0.125. The van der Waals surface area contributed by atoms with Crippen LogP contribution in [0.5, 0.6) is 5.75 Å². The quantitative estimate of drug-likeness (QED) is 0.920. The number of anilines is 2. The summed E-state index contributed by atoms with van der Waals surface area (Å²) in [5.41, 5.74) is 3.19. The summed E-state index contributed by atoms with van der Waals surface area (Å²) < 4.78 is 5.28. The van der Waals surface area contributed by atoms with Crippen LogP contribution in [0, 0.1) is 29.6 Å². The number of nitrogens with zero attached hydrogens (tertiary/aromatic N) is 2. The van der Waals surface area contributed by atoms with Crippen molar-refractivity contribution >= 4 is 11.4 Å². The first-order chi connectivity index (χ1) is 9.71. The summed E-state index contributed by atoms with van der Waals surface area (Å²) in [6.07, 6.45) is 0. The van der Waals surface area contributed by atoms with Crippen molar-refractivity contribution in [2.24, 2.45) is 0 Å². The van der Waals surface area contributed by atoms with Crippen molar-refractivity contribution < 1.29 is 4.74 Å². The highest BCUT2D eigenvalue weighted by atomic mass is 16.5. The van der Waals surface area contributed by atoms with Crippen molar-refractivity contribution in [1.29, 1.82) is 10.5 Å². The van der Waals surface area contributed by atoms with Crippen LogP contribution >= 0.6 is 0 Å². The summed E-state index contributed by atoms with van der Waals surface area (Å²) in [5.74, 6) is 0.566. The minimum absolute atomic E-state index is 0.469. The Morgan fingerprint density at radius 3 is 2.15 bits per heavy atom. The molecule has 4 nitrogen and oxygen atoms in total. The molecule has 0 fully saturated rings. The Morgan fingerprint density at radius 1 is 0.950 bits per heavy atom. The standard InChI is InChI=1S/C16H13N3O/c1-11-5-3-6-12(9-17)15(11)19-16-13(10-18)7-4-8-14(16)20-2/h3-8,19H,1-2H3. The maximum atomic E-state index is 9.20. The molecule has 4 heteroatoms. The Balaban J connectivity index is 2.57. The van der Waals surface area contributed by atoms with E-state index in [1.165, 1.54) is 0 Å². The van der Waals surface area contributed by atoms with E-state index in [0.717, 1.165) is 5.56 Å². The second-order valence-electron chi connectivity index (χ2n) is 4.23. The van der Waals surface area contributed by atoms with Crippen LogP contribution in [0.1, 0.15) is 16.7 Å². The number of benzene rings is 2. The third-order valence-corrected chi connectivity index (χ3v) is 3.01. The second-order valence-corrected chi connectivity index (χ2v) is 4.23. The zero-order valence-electron chi connectivity index (χ0n) is 11.3. The minimum atomic E-state index is 0.469. The number of ether oxygens (including phenoxy) is 1. The van der Waals surface area contributed by atoms with Gasteiger partial charge in [0.05, 0.1) is 29.6 Å². The van der Waals surface area contributed by atoms with E-state index in [-0.39, 0.29) is 0 Å². The van der Waals surface area contributed by atoms with Gasteiger partial charge in [0.15, 0.2) is 0 Å². The fourth-order valence-electron chi connectivity index (χ4n) is 1.98. The highest BCUT2D eigenvalue weighted by Crippen LogP contribution is 2.33. The molecule has 0 spiro atoms. The van der Waals surface area contributed by atoms with Gasteiger partial charge in [-0.2, -0.15) is 10.5 Å². The van der Waals surface area contributed by atoms with Crippen LogP contribution in [-0.4, -0.2) is 7.11 Å². The van der Waals surface area contributed by atoms with Crippen LogP contribution in [-0.2, 0) is 0 Å². The minimum Gasteiger partial charge on any atom is -0.495 e. The van der Waals surface area contributed by atoms with E-state index in [1.54, 1.807) is 31.4 Å². The van der Waals surface area contributed by atoms with Gasteiger partial charge in [-0.05, 0) is 30.7 Å². The van der Waals surface area contributed by atoms with Crippen molar-refractivity contribution in [2.75, 3.05) is 12.4 Å². The fourth-order valence-corrected chi connectivity index (χ4v) is 1.98. The van der Waals surface area contributed by atoms with Crippen LogP contribution in [0.3, 0.4) is 0 Å². The van der Waals surface area contributed by atoms with Gasteiger partial charge in [0, 0.05) is 0 Å². The van der Waals surface area contributed by atoms with Crippen molar-refractivity contribution in [2.45, 2.75) is 6.92 Å². The lowest BCUT2D eigenvalue weighted by Crippen LogP contribution is -2.01. The third kappa shape index (κ3) is 2.41. The van der Waals surface area contributed by atoms with Crippen LogP contribution < -0.4 is 10.1 Å². The molecule has 0 saturated heterocycles. The van der Waals surface area contributed by atoms with Crippen molar-refractivity contribution in [3.05, 3.63) is 53.1 Å². The van der Waals surface area contributed by atoms with Gasteiger partial charge in [0.25, 0.3) is 0 Å². The van der Waals surface area contributed by atoms with Gasteiger partial charge < -0.3 is 10.1 Å². The molecule has 0 radical (unpaired) electrons. The SMILES string of the molecule is COc1cccc(C#N)c1Nc1c(C)cccc1C#N. The van der Waals surface area contributed by atoms with Crippen LogP contribution in [0.15, 0.2) is 36.4 Å². The first kappa shape index (κ1) is 13.5. The van der Waals surface area contributed by atoms with E-state index < -0.39 is 0 Å². The molecule has 98 valence electrons. The van der Waals surface area contributed by atoms with Crippen LogP contribution in [0.4, 0.5) is 11.4 Å². The highest BCUT2D eigenvalue weighted by molar-refractivity contribution is 5.77. The van der Waals surface area contributed by atoms with E-state index >= 15 is 0 Å². The molecule has 0 heterocycles. The number of hydrogen-bond acceptors (Lipinski definition) is 4. The summed E-state index contributed by atoms with van der Waals surface area (Å²) in [7, 11) is 1.55. The Labute approximate surface area is 117 Å². The highest BCUT2D eigenvalue weighted by Gasteiger charge is 2.12. The molecule has 0 saturated carbocycles. The number of rotatable bonds is 3. The lowest BCUT2D eigenvalue weighted by molar-refractivity contribution is 0.416. The molecule has 2 aromatic rings. The summed E-state index contributed by atoms with van der Waals surface area (Å²) in [6, 6.07) is 15.0. The number of nitriles is 2. The van der Waals surface area contributed by atoms with Gasteiger partial charge in [-0.3, -0.25) is 0 Å². The summed E-state index contributed by atoms with van der Waals surface area (Å²) in [5, 5.41) is 21.6. The van der Waals surface area contributed by atoms with Gasteiger partial charge in [-0.1, -0.05) is 18.2 Å². The molecular weight excluding hydrogens is 250 g/mol. The molecule has 1 N–H and O–H groups in total. The summed E-state index contributed by atoms with van der Waals surface area (Å²) >= 11 is 0. The molecule has 2 aromatic carbocycles. The lowest BCUT2D eigenvalue weighted by Gasteiger charge is -2.15. The average Bonchev–Trinajstić information content (AvgIpc) is 2.49. The predicted octanol–water partition coefficient (Wildman–Crippen LogP) is 3.49. The van der Waals surface area contributed by atoms with Crippen molar-refractivity contribution in [1.82, 2.24) is 0 Å². The molecule has 0 aliphatic carbocycles. The second kappa shape index (κ2) is 5.77. The lowest BCUT2D eigenvalue weighted by atomic mass is 10.1. The molecule has 0 aromatic heterocycles. The molecule has 0 atom stereocenters.